The van der Waals surface area contributed by atoms with E-state index in [0.717, 1.165) is 24.2 Å². The van der Waals surface area contributed by atoms with Crippen LogP contribution in [0.4, 0.5) is 0 Å². The molecule has 1 unspecified atom stereocenters. The van der Waals surface area contributed by atoms with E-state index in [1.807, 2.05) is 31.2 Å². The maximum absolute atomic E-state index is 6.36. The Morgan fingerprint density at radius 2 is 1.75 bits per heavy atom. The highest BCUT2D eigenvalue weighted by Crippen LogP contribution is 2.23. The third-order valence-electron chi connectivity index (χ3n) is 3.40. The second kappa shape index (κ2) is 7.11. The van der Waals surface area contributed by atoms with Crippen LogP contribution in [0.15, 0.2) is 48.5 Å². The molecule has 1 atom stereocenters. The van der Waals surface area contributed by atoms with E-state index in [9.17, 15) is 0 Å². The molecule has 0 heterocycles. The molecule has 2 aromatic carbocycles. The quantitative estimate of drug-likeness (QED) is 0.857. The summed E-state index contributed by atoms with van der Waals surface area (Å²) in [5, 5.41) is 0. The molecule has 2 aromatic rings. The highest BCUT2D eigenvalue weighted by Gasteiger charge is 2.09. The summed E-state index contributed by atoms with van der Waals surface area (Å²) in [5.74, 6) is 0.892. The van der Waals surface area contributed by atoms with Gasteiger partial charge >= 0.3 is 0 Å². The third kappa shape index (κ3) is 3.61. The van der Waals surface area contributed by atoms with Gasteiger partial charge < -0.3 is 10.5 Å². The molecule has 0 aromatic heterocycles. The number of hydrogen-bond acceptors (Lipinski definition) is 2. The van der Waals surface area contributed by atoms with Gasteiger partial charge in [0.25, 0.3) is 0 Å². The molecule has 0 aliphatic rings. The molecular formula is C18H23NO. The highest BCUT2D eigenvalue weighted by molar-refractivity contribution is 5.36. The molecule has 0 spiro atoms. The normalized spacial score (nSPS) is 12.2. The molecule has 0 fully saturated rings. The largest absolute Gasteiger partial charge is 0.494 e. The van der Waals surface area contributed by atoms with Crippen LogP contribution >= 0.6 is 0 Å². The SMILES string of the molecule is CCCc1cccc(C(N)c2ccc(OCC)cc2)c1. The van der Waals surface area contributed by atoms with Crippen molar-refractivity contribution in [2.75, 3.05) is 6.61 Å². The van der Waals surface area contributed by atoms with Crippen LogP contribution in [0.3, 0.4) is 0 Å². The maximum Gasteiger partial charge on any atom is 0.119 e. The first-order valence-corrected chi connectivity index (χ1v) is 7.31. The Kier molecular flexibility index (Phi) is 5.19. The Labute approximate surface area is 121 Å². The lowest BCUT2D eigenvalue weighted by atomic mass is 9.97. The van der Waals surface area contributed by atoms with E-state index in [1.54, 1.807) is 0 Å². The summed E-state index contributed by atoms with van der Waals surface area (Å²) in [7, 11) is 0. The van der Waals surface area contributed by atoms with Crippen LogP contribution < -0.4 is 10.5 Å². The molecule has 0 aliphatic heterocycles. The van der Waals surface area contributed by atoms with Gasteiger partial charge in [-0.2, -0.15) is 0 Å². The first-order chi connectivity index (χ1) is 9.74. The lowest BCUT2D eigenvalue weighted by molar-refractivity contribution is 0.340. The Morgan fingerprint density at radius 3 is 2.40 bits per heavy atom. The summed E-state index contributed by atoms with van der Waals surface area (Å²) >= 11 is 0. The van der Waals surface area contributed by atoms with E-state index in [-0.39, 0.29) is 6.04 Å². The monoisotopic (exact) mass is 269 g/mol. The Bertz CT molecular complexity index is 533. The molecule has 0 saturated heterocycles. The minimum Gasteiger partial charge on any atom is -0.494 e. The predicted octanol–water partition coefficient (Wildman–Crippen LogP) is 4.09. The summed E-state index contributed by atoms with van der Waals surface area (Å²) in [4.78, 5) is 0. The molecule has 2 N–H and O–H groups in total. The first kappa shape index (κ1) is 14.6. The molecule has 0 radical (unpaired) electrons. The molecular weight excluding hydrogens is 246 g/mol. The van der Waals surface area contributed by atoms with Crippen molar-refractivity contribution in [1.29, 1.82) is 0 Å². The van der Waals surface area contributed by atoms with Crippen molar-refractivity contribution in [2.45, 2.75) is 32.7 Å². The summed E-state index contributed by atoms with van der Waals surface area (Å²) in [5.41, 5.74) is 10.00. The Hall–Kier alpha value is -1.80. The number of hydrogen-bond donors (Lipinski definition) is 1. The minimum absolute atomic E-state index is 0.0810. The van der Waals surface area contributed by atoms with Gasteiger partial charge in [0.1, 0.15) is 5.75 Å². The minimum atomic E-state index is -0.0810. The molecule has 0 bridgehead atoms. The van der Waals surface area contributed by atoms with Crippen LogP contribution in [0.25, 0.3) is 0 Å². The van der Waals surface area contributed by atoms with Crippen molar-refractivity contribution >= 4 is 0 Å². The van der Waals surface area contributed by atoms with Gasteiger partial charge in [0.15, 0.2) is 0 Å². The van der Waals surface area contributed by atoms with Gasteiger partial charge in [-0.05, 0) is 42.2 Å². The number of aryl methyl sites for hydroxylation is 1. The van der Waals surface area contributed by atoms with Crippen molar-refractivity contribution in [1.82, 2.24) is 0 Å². The molecule has 0 saturated carbocycles. The molecule has 0 aliphatic carbocycles. The maximum atomic E-state index is 6.36. The topological polar surface area (TPSA) is 35.2 Å². The molecule has 2 heteroatoms. The van der Waals surface area contributed by atoms with Crippen molar-refractivity contribution in [2.24, 2.45) is 5.73 Å². The summed E-state index contributed by atoms with van der Waals surface area (Å²) < 4.78 is 5.46. The van der Waals surface area contributed by atoms with E-state index >= 15 is 0 Å². The second-order valence-electron chi connectivity index (χ2n) is 4.97. The summed E-state index contributed by atoms with van der Waals surface area (Å²) in [6.07, 6.45) is 2.26. The highest BCUT2D eigenvalue weighted by atomic mass is 16.5. The van der Waals surface area contributed by atoms with Gasteiger partial charge in [-0.1, -0.05) is 49.7 Å². The second-order valence-corrected chi connectivity index (χ2v) is 4.97. The van der Waals surface area contributed by atoms with Gasteiger partial charge in [-0.15, -0.1) is 0 Å². The zero-order valence-corrected chi connectivity index (χ0v) is 12.3. The van der Waals surface area contributed by atoms with Gasteiger partial charge in [0, 0.05) is 0 Å². The van der Waals surface area contributed by atoms with Crippen LogP contribution in [0.1, 0.15) is 43.0 Å². The van der Waals surface area contributed by atoms with Crippen molar-refractivity contribution in [3.8, 4) is 5.75 Å². The average Bonchev–Trinajstić information content (AvgIpc) is 2.48. The number of rotatable bonds is 6. The van der Waals surface area contributed by atoms with E-state index < -0.39 is 0 Å². The smallest absolute Gasteiger partial charge is 0.119 e. The average molecular weight is 269 g/mol. The molecule has 2 nitrogen and oxygen atoms in total. The van der Waals surface area contributed by atoms with Gasteiger partial charge in [-0.25, -0.2) is 0 Å². The van der Waals surface area contributed by atoms with Crippen LogP contribution in [-0.4, -0.2) is 6.61 Å². The zero-order chi connectivity index (χ0) is 14.4. The zero-order valence-electron chi connectivity index (χ0n) is 12.3. The van der Waals surface area contributed by atoms with Gasteiger partial charge in [0.05, 0.1) is 12.6 Å². The van der Waals surface area contributed by atoms with E-state index in [4.69, 9.17) is 10.5 Å². The number of ether oxygens (including phenoxy) is 1. The first-order valence-electron chi connectivity index (χ1n) is 7.31. The lowest BCUT2D eigenvalue weighted by Gasteiger charge is -2.14. The molecule has 2 rings (SSSR count). The van der Waals surface area contributed by atoms with Crippen molar-refractivity contribution in [3.05, 3.63) is 65.2 Å². The van der Waals surface area contributed by atoms with Gasteiger partial charge in [0.2, 0.25) is 0 Å². The van der Waals surface area contributed by atoms with Crippen LogP contribution in [0.2, 0.25) is 0 Å². The number of benzene rings is 2. The lowest BCUT2D eigenvalue weighted by Crippen LogP contribution is -2.12. The standard InChI is InChI=1S/C18H23NO/c1-3-6-14-7-5-8-16(13-14)18(19)15-9-11-17(12-10-15)20-4-2/h5,7-13,18H,3-4,6,19H2,1-2H3. The molecule has 0 amide bonds. The molecule has 20 heavy (non-hydrogen) atoms. The fourth-order valence-electron chi connectivity index (χ4n) is 2.36. The Morgan fingerprint density at radius 1 is 1.00 bits per heavy atom. The predicted molar refractivity (Wildman–Crippen MR) is 84.1 cm³/mol. The van der Waals surface area contributed by atoms with E-state index in [2.05, 4.69) is 31.2 Å². The fraction of sp³-hybridized carbons (Fsp3) is 0.333. The Balaban J connectivity index is 2.17. The van der Waals surface area contributed by atoms with Crippen LogP contribution in [0.5, 0.6) is 5.75 Å². The van der Waals surface area contributed by atoms with E-state index in [1.165, 1.54) is 11.1 Å². The van der Waals surface area contributed by atoms with Crippen LogP contribution in [0, 0.1) is 0 Å². The molecule has 106 valence electrons. The third-order valence-corrected chi connectivity index (χ3v) is 3.40. The van der Waals surface area contributed by atoms with Crippen molar-refractivity contribution < 1.29 is 4.74 Å². The summed E-state index contributed by atoms with van der Waals surface area (Å²) in [6, 6.07) is 16.5. The number of nitrogens with two attached hydrogens (primary N) is 1. The summed E-state index contributed by atoms with van der Waals surface area (Å²) in [6.45, 7) is 4.86. The van der Waals surface area contributed by atoms with Crippen molar-refractivity contribution in [3.63, 3.8) is 0 Å². The van der Waals surface area contributed by atoms with E-state index in [0.29, 0.717) is 6.61 Å². The van der Waals surface area contributed by atoms with Crippen LogP contribution in [-0.2, 0) is 6.42 Å². The fourth-order valence-corrected chi connectivity index (χ4v) is 2.36. The van der Waals surface area contributed by atoms with Gasteiger partial charge in [-0.3, -0.25) is 0 Å².